The van der Waals surface area contributed by atoms with E-state index < -0.39 is 0 Å². The second kappa shape index (κ2) is 5.93. The van der Waals surface area contributed by atoms with Gasteiger partial charge in [0.15, 0.2) is 0 Å². The molecule has 0 aromatic carbocycles. The second-order valence-corrected chi connectivity index (χ2v) is 5.15. The third kappa shape index (κ3) is 2.81. The van der Waals surface area contributed by atoms with Crippen LogP contribution in [0.15, 0.2) is 24.5 Å². The summed E-state index contributed by atoms with van der Waals surface area (Å²) in [5.41, 5.74) is 1.75. The van der Waals surface area contributed by atoms with E-state index in [0.29, 0.717) is 0 Å². The maximum atomic E-state index is 12.4. The predicted molar refractivity (Wildman–Crippen MR) is 77.3 cm³/mol. The highest BCUT2D eigenvalue weighted by atomic mass is 32.1. The lowest BCUT2D eigenvalue weighted by Gasteiger charge is -2.17. The first-order chi connectivity index (χ1) is 9.17. The van der Waals surface area contributed by atoms with Crippen molar-refractivity contribution < 1.29 is 4.79 Å². The lowest BCUT2D eigenvalue weighted by molar-refractivity contribution is 0.0777. The number of carbonyl (C=O) groups is 1. The Labute approximate surface area is 117 Å². The summed E-state index contributed by atoms with van der Waals surface area (Å²) in [4.78, 5) is 23.5. The van der Waals surface area contributed by atoms with E-state index in [2.05, 4.69) is 9.97 Å². The van der Waals surface area contributed by atoms with E-state index in [4.69, 9.17) is 0 Å². The lowest BCUT2D eigenvalue weighted by atomic mass is 10.3. The summed E-state index contributed by atoms with van der Waals surface area (Å²) in [6, 6.07) is 3.83. The SMILES string of the molecule is CCN(CC)C(=O)c1sc(-c2cccnc2)nc1C. The molecule has 2 heterocycles. The maximum Gasteiger partial charge on any atom is 0.265 e. The van der Waals surface area contributed by atoms with Crippen molar-refractivity contribution in [1.29, 1.82) is 0 Å². The number of rotatable bonds is 4. The van der Waals surface area contributed by atoms with E-state index in [1.165, 1.54) is 11.3 Å². The Morgan fingerprint density at radius 1 is 1.37 bits per heavy atom. The molecule has 0 aliphatic heterocycles. The van der Waals surface area contributed by atoms with Gasteiger partial charge in [0, 0.05) is 31.0 Å². The molecule has 0 aliphatic rings. The Bertz CT molecular complexity index is 561. The van der Waals surface area contributed by atoms with Gasteiger partial charge in [0.05, 0.1) is 5.69 Å². The van der Waals surface area contributed by atoms with Gasteiger partial charge in [-0.3, -0.25) is 9.78 Å². The van der Waals surface area contributed by atoms with Crippen LogP contribution in [0.2, 0.25) is 0 Å². The average molecular weight is 275 g/mol. The van der Waals surface area contributed by atoms with Crippen LogP contribution in [0.5, 0.6) is 0 Å². The number of hydrogen-bond donors (Lipinski definition) is 0. The summed E-state index contributed by atoms with van der Waals surface area (Å²) < 4.78 is 0. The van der Waals surface area contributed by atoms with Crippen molar-refractivity contribution in [2.24, 2.45) is 0 Å². The van der Waals surface area contributed by atoms with Gasteiger partial charge in [-0.1, -0.05) is 0 Å². The number of hydrogen-bond acceptors (Lipinski definition) is 4. The minimum Gasteiger partial charge on any atom is -0.338 e. The lowest BCUT2D eigenvalue weighted by Crippen LogP contribution is -2.30. The van der Waals surface area contributed by atoms with Gasteiger partial charge >= 0.3 is 0 Å². The van der Waals surface area contributed by atoms with Gasteiger partial charge in [0.25, 0.3) is 5.91 Å². The van der Waals surface area contributed by atoms with Gasteiger partial charge in [-0.2, -0.15) is 0 Å². The van der Waals surface area contributed by atoms with Gasteiger partial charge in [-0.25, -0.2) is 4.98 Å². The molecular formula is C14H17N3OS. The van der Waals surface area contributed by atoms with Crippen molar-refractivity contribution in [1.82, 2.24) is 14.9 Å². The van der Waals surface area contributed by atoms with E-state index in [1.807, 2.05) is 37.8 Å². The normalized spacial score (nSPS) is 10.5. The van der Waals surface area contributed by atoms with Crippen LogP contribution in [-0.2, 0) is 0 Å². The van der Waals surface area contributed by atoms with E-state index in [9.17, 15) is 4.79 Å². The number of carbonyl (C=O) groups excluding carboxylic acids is 1. The van der Waals surface area contributed by atoms with Crippen molar-refractivity contribution in [2.45, 2.75) is 20.8 Å². The predicted octanol–water partition coefficient (Wildman–Crippen LogP) is 3.00. The number of nitrogens with zero attached hydrogens (tertiary/aromatic N) is 3. The molecule has 1 amide bonds. The third-order valence-corrected chi connectivity index (χ3v) is 4.14. The zero-order chi connectivity index (χ0) is 13.8. The first-order valence-corrected chi connectivity index (χ1v) is 7.16. The highest BCUT2D eigenvalue weighted by Gasteiger charge is 2.19. The Morgan fingerprint density at radius 2 is 2.11 bits per heavy atom. The minimum absolute atomic E-state index is 0.0649. The second-order valence-electron chi connectivity index (χ2n) is 4.15. The molecular weight excluding hydrogens is 258 g/mol. The molecule has 0 bridgehead atoms. The largest absolute Gasteiger partial charge is 0.338 e. The van der Waals surface area contributed by atoms with Crippen LogP contribution in [-0.4, -0.2) is 33.9 Å². The molecule has 0 N–H and O–H groups in total. The fourth-order valence-corrected chi connectivity index (χ4v) is 2.89. The van der Waals surface area contributed by atoms with Gasteiger partial charge in [-0.05, 0) is 32.9 Å². The fourth-order valence-electron chi connectivity index (χ4n) is 1.86. The number of pyridine rings is 1. The molecule has 0 fully saturated rings. The monoisotopic (exact) mass is 275 g/mol. The van der Waals surface area contributed by atoms with Gasteiger partial charge < -0.3 is 4.90 Å². The highest BCUT2D eigenvalue weighted by molar-refractivity contribution is 7.17. The van der Waals surface area contributed by atoms with Gasteiger partial charge in [0.2, 0.25) is 0 Å². The van der Waals surface area contributed by atoms with Gasteiger partial charge in [-0.15, -0.1) is 11.3 Å². The summed E-state index contributed by atoms with van der Waals surface area (Å²) in [6.07, 6.45) is 3.50. The van der Waals surface area contributed by atoms with Crippen LogP contribution in [0.3, 0.4) is 0 Å². The smallest absolute Gasteiger partial charge is 0.265 e. The van der Waals surface area contributed by atoms with E-state index >= 15 is 0 Å². The Kier molecular flexibility index (Phi) is 4.27. The average Bonchev–Trinajstić information content (AvgIpc) is 2.83. The number of aromatic nitrogens is 2. The molecule has 4 nitrogen and oxygen atoms in total. The topological polar surface area (TPSA) is 46.1 Å². The molecule has 0 saturated heterocycles. The first-order valence-electron chi connectivity index (χ1n) is 6.34. The summed E-state index contributed by atoms with van der Waals surface area (Å²) in [5, 5.41) is 0.848. The third-order valence-electron chi connectivity index (χ3n) is 2.95. The van der Waals surface area contributed by atoms with Crippen LogP contribution in [0, 0.1) is 6.92 Å². The Balaban J connectivity index is 2.34. The van der Waals surface area contributed by atoms with Crippen molar-refractivity contribution >= 4 is 17.2 Å². The van der Waals surface area contributed by atoms with Crippen LogP contribution in [0.25, 0.3) is 10.6 Å². The molecule has 2 aromatic heterocycles. The molecule has 2 aromatic rings. The quantitative estimate of drug-likeness (QED) is 0.861. The fraction of sp³-hybridized carbons (Fsp3) is 0.357. The van der Waals surface area contributed by atoms with Crippen molar-refractivity contribution in [3.8, 4) is 10.6 Å². The van der Waals surface area contributed by atoms with Crippen molar-refractivity contribution in [2.75, 3.05) is 13.1 Å². The molecule has 19 heavy (non-hydrogen) atoms. The van der Waals surface area contributed by atoms with Crippen LogP contribution < -0.4 is 0 Å². The summed E-state index contributed by atoms with van der Waals surface area (Å²) in [5.74, 6) is 0.0649. The van der Waals surface area contributed by atoms with Crippen LogP contribution >= 0.6 is 11.3 Å². The van der Waals surface area contributed by atoms with Crippen molar-refractivity contribution in [3.63, 3.8) is 0 Å². The molecule has 0 saturated carbocycles. The van der Waals surface area contributed by atoms with E-state index in [1.54, 1.807) is 12.4 Å². The standard InChI is InChI=1S/C14H17N3OS/c1-4-17(5-2)14(18)12-10(3)16-13(19-12)11-7-6-8-15-9-11/h6-9H,4-5H2,1-3H3. The highest BCUT2D eigenvalue weighted by Crippen LogP contribution is 2.28. The summed E-state index contributed by atoms with van der Waals surface area (Å²) in [6.45, 7) is 7.29. The van der Waals surface area contributed by atoms with E-state index in [0.717, 1.165) is 34.2 Å². The van der Waals surface area contributed by atoms with Crippen LogP contribution in [0.4, 0.5) is 0 Å². The first kappa shape index (κ1) is 13.7. The van der Waals surface area contributed by atoms with Gasteiger partial charge in [0.1, 0.15) is 9.88 Å². The molecule has 100 valence electrons. The summed E-state index contributed by atoms with van der Waals surface area (Å²) >= 11 is 1.44. The molecule has 0 radical (unpaired) electrons. The van der Waals surface area contributed by atoms with E-state index in [-0.39, 0.29) is 5.91 Å². The molecule has 0 atom stereocenters. The Hall–Kier alpha value is -1.75. The maximum absolute atomic E-state index is 12.4. The summed E-state index contributed by atoms with van der Waals surface area (Å²) in [7, 11) is 0. The molecule has 0 spiro atoms. The molecule has 0 aliphatic carbocycles. The Morgan fingerprint density at radius 3 is 2.68 bits per heavy atom. The van der Waals surface area contributed by atoms with Crippen LogP contribution in [0.1, 0.15) is 29.2 Å². The molecule has 5 heteroatoms. The minimum atomic E-state index is 0.0649. The zero-order valence-corrected chi connectivity index (χ0v) is 12.2. The molecule has 0 unspecified atom stereocenters. The number of thiazole rings is 1. The van der Waals surface area contributed by atoms with Crippen molar-refractivity contribution in [3.05, 3.63) is 35.1 Å². The molecule has 2 rings (SSSR count). The number of amides is 1. The number of aryl methyl sites for hydroxylation is 1. The zero-order valence-electron chi connectivity index (χ0n) is 11.4.